The third-order valence-electron chi connectivity index (χ3n) is 5.40. The van der Waals surface area contributed by atoms with E-state index in [4.69, 9.17) is 9.47 Å². The molecule has 0 aromatic heterocycles. The van der Waals surface area contributed by atoms with Gasteiger partial charge in [-0.2, -0.15) is 0 Å². The minimum Gasteiger partial charge on any atom is -0.506 e. The molecular formula is C24H34N2O6S. The van der Waals surface area contributed by atoms with Crippen molar-refractivity contribution < 1.29 is 28.1 Å². The van der Waals surface area contributed by atoms with E-state index in [-0.39, 0.29) is 35.9 Å². The third kappa shape index (κ3) is 7.38. The predicted molar refractivity (Wildman–Crippen MR) is 131 cm³/mol. The standard InChI is InChI=1S/C24H34N2O6S/c1-7-24(2,3)23(17-9-11-21(31-4)22(14-17)32-5)25-15-18(27)12-16-8-10-20(28)19(13-16)26-33(6,29)30/h7-11,13-14,18,23,25-28H,1,12,15H2,2-6H3/t18-,23?/m0/s1. The third-order valence-corrected chi connectivity index (χ3v) is 5.99. The Hall–Kier alpha value is -2.75. The summed E-state index contributed by atoms with van der Waals surface area (Å²) in [4.78, 5) is 0. The summed E-state index contributed by atoms with van der Waals surface area (Å²) in [5.41, 5.74) is 1.36. The first-order chi connectivity index (χ1) is 15.4. The zero-order chi connectivity index (χ0) is 24.8. The van der Waals surface area contributed by atoms with Crippen molar-refractivity contribution in [2.45, 2.75) is 32.4 Å². The number of aliphatic hydroxyl groups excluding tert-OH is 1. The number of aliphatic hydroxyl groups is 1. The van der Waals surface area contributed by atoms with Gasteiger partial charge in [0, 0.05) is 18.0 Å². The van der Waals surface area contributed by atoms with Crippen LogP contribution in [0.25, 0.3) is 0 Å². The van der Waals surface area contributed by atoms with Crippen molar-refractivity contribution in [3.8, 4) is 17.2 Å². The lowest BCUT2D eigenvalue weighted by Gasteiger charge is -2.34. The number of rotatable bonds is 12. The summed E-state index contributed by atoms with van der Waals surface area (Å²) in [7, 11) is -0.379. The quantitative estimate of drug-likeness (QED) is 0.273. The molecule has 0 bridgehead atoms. The fourth-order valence-corrected chi connectivity index (χ4v) is 4.11. The topological polar surface area (TPSA) is 117 Å². The summed E-state index contributed by atoms with van der Waals surface area (Å²) in [5.74, 6) is 1.05. The summed E-state index contributed by atoms with van der Waals surface area (Å²) in [6.07, 6.45) is 2.37. The first-order valence-corrected chi connectivity index (χ1v) is 12.4. The number of benzene rings is 2. The smallest absolute Gasteiger partial charge is 0.229 e. The van der Waals surface area contributed by atoms with Gasteiger partial charge in [-0.15, -0.1) is 6.58 Å². The monoisotopic (exact) mass is 478 g/mol. The van der Waals surface area contributed by atoms with Crippen molar-refractivity contribution in [3.63, 3.8) is 0 Å². The molecule has 8 nitrogen and oxygen atoms in total. The first kappa shape index (κ1) is 26.5. The lowest BCUT2D eigenvalue weighted by Crippen LogP contribution is -2.38. The van der Waals surface area contributed by atoms with Crippen LogP contribution in [0.1, 0.15) is 31.0 Å². The number of nitrogens with one attached hydrogen (secondary N) is 2. The van der Waals surface area contributed by atoms with Gasteiger partial charge in [0.25, 0.3) is 0 Å². The number of phenols is 1. The number of methoxy groups -OCH3 is 2. The zero-order valence-electron chi connectivity index (χ0n) is 19.8. The fraction of sp³-hybridized carbons (Fsp3) is 0.417. The van der Waals surface area contributed by atoms with Crippen LogP contribution in [0.4, 0.5) is 5.69 Å². The average Bonchev–Trinajstić information content (AvgIpc) is 2.74. The normalized spacial score (nSPS) is 13.8. The highest BCUT2D eigenvalue weighted by Gasteiger charge is 2.29. The Balaban J connectivity index is 2.18. The molecule has 4 N–H and O–H groups in total. The van der Waals surface area contributed by atoms with E-state index in [1.165, 1.54) is 12.1 Å². The van der Waals surface area contributed by atoms with Gasteiger partial charge in [-0.3, -0.25) is 4.72 Å². The van der Waals surface area contributed by atoms with Gasteiger partial charge in [0.05, 0.1) is 32.3 Å². The number of hydrogen-bond acceptors (Lipinski definition) is 7. The van der Waals surface area contributed by atoms with E-state index < -0.39 is 16.1 Å². The maximum atomic E-state index is 11.5. The maximum absolute atomic E-state index is 11.5. The Kier molecular flexibility index (Phi) is 8.76. The molecule has 0 heterocycles. The molecule has 0 aliphatic carbocycles. The number of ether oxygens (including phenoxy) is 2. The summed E-state index contributed by atoms with van der Waals surface area (Å²) in [5, 5.41) is 24.0. The molecule has 9 heteroatoms. The second kappa shape index (κ2) is 10.9. The summed E-state index contributed by atoms with van der Waals surface area (Å²) < 4.78 is 36.0. The van der Waals surface area contributed by atoms with Crippen LogP contribution in [0.5, 0.6) is 17.2 Å². The van der Waals surface area contributed by atoms with E-state index >= 15 is 0 Å². The largest absolute Gasteiger partial charge is 0.506 e. The van der Waals surface area contributed by atoms with Crippen LogP contribution in [0.3, 0.4) is 0 Å². The molecule has 2 aromatic carbocycles. The molecule has 182 valence electrons. The van der Waals surface area contributed by atoms with Crippen LogP contribution in [-0.2, 0) is 16.4 Å². The highest BCUT2D eigenvalue weighted by atomic mass is 32.2. The van der Waals surface area contributed by atoms with Gasteiger partial charge in [0.15, 0.2) is 11.5 Å². The van der Waals surface area contributed by atoms with E-state index in [0.717, 1.165) is 11.8 Å². The maximum Gasteiger partial charge on any atom is 0.229 e. The van der Waals surface area contributed by atoms with E-state index in [2.05, 4.69) is 16.6 Å². The Morgan fingerprint density at radius 3 is 2.36 bits per heavy atom. The van der Waals surface area contributed by atoms with Gasteiger partial charge in [0.1, 0.15) is 5.75 Å². The zero-order valence-corrected chi connectivity index (χ0v) is 20.6. The van der Waals surface area contributed by atoms with Gasteiger partial charge >= 0.3 is 0 Å². The molecule has 0 aliphatic heterocycles. The van der Waals surface area contributed by atoms with E-state index in [1.54, 1.807) is 20.3 Å². The molecule has 0 amide bonds. The molecule has 33 heavy (non-hydrogen) atoms. The van der Waals surface area contributed by atoms with Gasteiger partial charge < -0.3 is 25.0 Å². The van der Waals surface area contributed by atoms with Crippen molar-refractivity contribution in [2.75, 3.05) is 31.7 Å². The van der Waals surface area contributed by atoms with Crippen molar-refractivity contribution in [1.29, 1.82) is 0 Å². The number of aromatic hydroxyl groups is 1. The van der Waals surface area contributed by atoms with Crippen LogP contribution in [0.2, 0.25) is 0 Å². The number of anilines is 1. The van der Waals surface area contributed by atoms with Gasteiger partial charge in [0.2, 0.25) is 10.0 Å². The molecule has 0 saturated heterocycles. The highest BCUT2D eigenvalue weighted by molar-refractivity contribution is 7.92. The molecule has 1 unspecified atom stereocenters. The Morgan fingerprint density at radius 2 is 1.79 bits per heavy atom. The summed E-state index contributed by atoms with van der Waals surface area (Å²) in [6, 6.07) is 10.1. The molecule has 2 rings (SSSR count). The van der Waals surface area contributed by atoms with Crippen LogP contribution < -0.4 is 19.5 Å². The van der Waals surface area contributed by atoms with Crippen LogP contribution >= 0.6 is 0 Å². The molecular weight excluding hydrogens is 444 g/mol. The van der Waals surface area contributed by atoms with Gasteiger partial charge in [-0.25, -0.2) is 8.42 Å². The number of phenolic OH excluding ortho intramolecular Hbond substituents is 1. The van der Waals surface area contributed by atoms with Gasteiger partial charge in [-0.05, 0) is 41.8 Å². The van der Waals surface area contributed by atoms with Crippen molar-refractivity contribution in [2.24, 2.45) is 5.41 Å². The van der Waals surface area contributed by atoms with E-state index in [1.807, 2.05) is 38.1 Å². The Bertz CT molecular complexity index is 1070. The van der Waals surface area contributed by atoms with Gasteiger partial charge in [-0.1, -0.05) is 32.1 Å². The SMILES string of the molecule is C=CC(C)(C)C(NC[C@@H](O)Cc1ccc(O)c(NS(C)(=O)=O)c1)c1ccc(OC)c(OC)c1. The second-order valence-electron chi connectivity index (χ2n) is 8.56. The van der Waals surface area contributed by atoms with Crippen LogP contribution in [0, 0.1) is 5.41 Å². The number of hydrogen-bond donors (Lipinski definition) is 4. The van der Waals surface area contributed by atoms with Crippen LogP contribution in [-0.4, -0.2) is 51.8 Å². The van der Waals surface area contributed by atoms with Crippen molar-refractivity contribution in [3.05, 3.63) is 60.2 Å². The number of sulfonamides is 1. The molecule has 0 radical (unpaired) electrons. The molecule has 0 saturated carbocycles. The molecule has 0 spiro atoms. The Morgan fingerprint density at radius 1 is 1.12 bits per heavy atom. The first-order valence-electron chi connectivity index (χ1n) is 10.5. The fourth-order valence-electron chi connectivity index (χ4n) is 3.55. The van der Waals surface area contributed by atoms with Crippen molar-refractivity contribution in [1.82, 2.24) is 5.32 Å². The molecule has 0 aliphatic rings. The van der Waals surface area contributed by atoms with Crippen molar-refractivity contribution >= 4 is 15.7 Å². The van der Waals surface area contributed by atoms with E-state index in [0.29, 0.717) is 17.1 Å². The van der Waals surface area contributed by atoms with Crippen LogP contribution in [0.15, 0.2) is 49.1 Å². The summed E-state index contributed by atoms with van der Waals surface area (Å²) in [6.45, 7) is 8.32. The highest BCUT2D eigenvalue weighted by Crippen LogP contribution is 2.38. The average molecular weight is 479 g/mol. The lowest BCUT2D eigenvalue weighted by atomic mass is 9.80. The molecule has 0 fully saturated rings. The lowest BCUT2D eigenvalue weighted by molar-refractivity contribution is 0.157. The second-order valence-corrected chi connectivity index (χ2v) is 10.3. The molecule has 2 atom stereocenters. The molecule has 2 aromatic rings. The minimum atomic E-state index is -3.54. The predicted octanol–water partition coefficient (Wildman–Crippen LogP) is 3.23. The minimum absolute atomic E-state index is 0.0751. The summed E-state index contributed by atoms with van der Waals surface area (Å²) >= 11 is 0. The Labute approximate surface area is 196 Å². The van der Waals surface area contributed by atoms with E-state index in [9.17, 15) is 18.6 Å².